The van der Waals surface area contributed by atoms with Gasteiger partial charge < -0.3 is 20.1 Å². The first kappa shape index (κ1) is 23.8. The van der Waals surface area contributed by atoms with E-state index in [-0.39, 0.29) is 12.3 Å². The fraction of sp³-hybridized carbons (Fsp3) is 0.444. The van der Waals surface area contributed by atoms with Gasteiger partial charge in [-0.1, -0.05) is 31.4 Å². The van der Waals surface area contributed by atoms with Gasteiger partial charge in [-0.3, -0.25) is 9.59 Å². The summed E-state index contributed by atoms with van der Waals surface area (Å²) in [5, 5.41) is 21.5. The number of ether oxygens (including phenoxy) is 1. The van der Waals surface area contributed by atoms with Crippen molar-refractivity contribution in [2.75, 3.05) is 18.5 Å². The zero-order valence-electron chi connectivity index (χ0n) is 19.5. The summed E-state index contributed by atoms with van der Waals surface area (Å²) in [4.78, 5) is 25.5. The highest BCUT2D eigenvalue weighted by Gasteiger charge is 2.31. The number of rotatable bonds is 8. The summed E-state index contributed by atoms with van der Waals surface area (Å²) in [5.74, 6) is -0.0565. The Hall–Kier alpha value is -3.37. The van der Waals surface area contributed by atoms with E-state index in [0.717, 1.165) is 40.8 Å². The largest absolute Gasteiger partial charge is 0.489 e. The van der Waals surface area contributed by atoms with Crippen LogP contribution in [0.25, 0.3) is 0 Å². The van der Waals surface area contributed by atoms with Crippen LogP contribution in [-0.4, -0.2) is 36.6 Å². The van der Waals surface area contributed by atoms with Crippen molar-refractivity contribution < 1.29 is 19.4 Å². The predicted octanol–water partition coefficient (Wildman–Crippen LogP) is 4.14. The Labute approximate surface area is 200 Å². The summed E-state index contributed by atoms with van der Waals surface area (Å²) >= 11 is 0. The topological polar surface area (TPSA) is 103 Å². The number of nitriles is 1. The average Bonchev–Trinajstić information content (AvgIpc) is 3.29. The van der Waals surface area contributed by atoms with Crippen LogP contribution in [-0.2, 0) is 22.6 Å². The summed E-state index contributed by atoms with van der Waals surface area (Å²) in [6.45, 7) is 0.880. The van der Waals surface area contributed by atoms with Gasteiger partial charge >= 0.3 is 5.97 Å². The molecule has 1 fully saturated rings. The van der Waals surface area contributed by atoms with E-state index in [9.17, 15) is 14.9 Å². The van der Waals surface area contributed by atoms with Crippen LogP contribution in [0.2, 0.25) is 0 Å². The highest BCUT2D eigenvalue weighted by Crippen LogP contribution is 2.35. The number of aliphatic carboxylic acids is 1. The van der Waals surface area contributed by atoms with Crippen LogP contribution in [0, 0.1) is 11.3 Å². The molecule has 0 aromatic heterocycles. The van der Waals surface area contributed by atoms with Gasteiger partial charge in [-0.15, -0.1) is 0 Å². The molecule has 1 heterocycles. The molecule has 0 radical (unpaired) electrons. The highest BCUT2D eigenvalue weighted by molar-refractivity contribution is 6.00. The van der Waals surface area contributed by atoms with Crippen molar-refractivity contribution in [2.45, 2.75) is 63.5 Å². The number of benzene rings is 2. The minimum atomic E-state index is -1.01. The van der Waals surface area contributed by atoms with Crippen molar-refractivity contribution in [3.8, 4) is 11.8 Å². The van der Waals surface area contributed by atoms with Crippen LogP contribution in [0.5, 0.6) is 5.75 Å². The molecule has 178 valence electrons. The maximum absolute atomic E-state index is 12.8. The third kappa shape index (κ3) is 5.23. The lowest BCUT2D eigenvalue weighted by Crippen LogP contribution is -2.45. The smallest absolute Gasteiger partial charge is 0.305 e. The number of hydrogen-bond donors (Lipinski definition) is 2. The zero-order valence-corrected chi connectivity index (χ0v) is 19.5. The van der Waals surface area contributed by atoms with Crippen LogP contribution in [0.3, 0.4) is 0 Å². The Balaban J connectivity index is 1.42. The van der Waals surface area contributed by atoms with Crippen LogP contribution >= 0.6 is 0 Å². The van der Waals surface area contributed by atoms with Gasteiger partial charge in [0.25, 0.3) is 0 Å². The van der Waals surface area contributed by atoms with E-state index >= 15 is 0 Å². The highest BCUT2D eigenvalue weighted by atomic mass is 16.5. The van der Waals surface area contributed by atoms with Crippen LogP contribution < -0.4 is 15.0 Å². The van der Waals surface area contributed by atoms with E-state index in [1.54, 1.807) is 11.9 Å². The number of nitrogens with one attached hydrogen (secondary N) is 1. The molecule has 1 atom stereocenters. The summed E-state index contributed by atoms with van der Waals surface area (Å²) in [5.41, 5.74) is 4.67. The van der Waals surface area contributed by atoms with Crippen molar-refractivity contribution in [1.82, 2.24) is 5.32 Å². The van der Waals surface area contributed by atoms with Gasteiger partial charge in [0.2, 0.25) is 5.91 Å². The number of anilines is 1. The normalized spacial score (nSPS) is 16.5. The maximum Gasteiger partial charge on any atom is 0.305 e. The molecule has 1 aliphatic carbocycles. The molecule has 34 heavy (non-hydrogen) atoms. The first-order valence-electron chi connectivity index (χ1n) is 12.0. The molecule has 2 aromatic carbocycles. The fourth-order valence-electron chi connectivity index (χ4n) is 5.10. The molecule has 0 saturated heterocycles. The van der Waals surface area contributed by atoms with Gasteiger partial charge in [-0.05, 0) is 73.2 Å². The first-order chi connectivity index (χ1) is 16.5. The minimum Gasteiger partial charge on any atom is -0.489 e. The second-order valence-electron chi connectivity index (χ2n) is 9.13. The molecule has 7 heteroatoms. The molecule has 1 saturated carbocycles. The van der Waals surface area contributed by atoms with Crippen LogP contribution in [0.1, 0.15) is 66.7 Å². The number of nitrogens with zero attached hydrogens (tertiary/aromatic N) is 2. The van der Waals surface area contributed by atoms with E-state index in [1.165, 1.54) is 19.3 Å². The van der Waals surface area contributed by atoms with E-state index in [4.69, 9.17) is 9.84 Å². The van der Waals surface area contributed by atoms with Gasteiger partial charge in [-0.25, -0.2) is 0 Å². The predicted molar refractivity (Wildman–Crippen MR) is 129 cm³/mol. The summed E-state index contributed by atoms with van der Waals surface area (Å²) in [6.07, 6.45) is 6.50. The van der Waals surface area contributed by atoms with Gasteiger partial charge in [0.05, 0.1) is 24.1 Å². The van der Waals surface area contributed by atoms with Gasteiger partial charge in [-0.2, -0.15) is 5.26 Å². The Morgan fingerprint density at radius 1 is 1.21 bits per heavy atom. The van der Waals surface area contributed by atoms with Crippen LogP contribution in [0.4, 0.5) is 5.69 Å². The quantitative estimate of drug-likeness (QED) is 0.613. The maximum atomic E-state index is 12.8. The lowest BCUT2D eigenvalue weighted by atomic mass is 9.82. The van der Waals surface area contributed by atoms with Crippen molar-refractivity contribution >= 4 is 17.6 Å². The Morgan fingerprint density at radius 2 is 2.00 bits per heavy atom. The number of carbonyl (C=O) groups excluding carboxylic acids is 1. The average molecular weight is 462 g/mol. The number of carboxylic acids is 1. The van der Waals surface area contributed by atoms with Crippen molar-refractivity contribution in [2.24, 2.45) is 0 Å². The molecule has 1 aliphatic heterocycles. The summed E-state index contributed by atoms with van der Waals surface area (Å²) in [7, 11) is 1.60. The van der Waals surface area contributed by atoms with E-state index < -0.39 is 12.0 Å². The second-order valence-corrected chi connectivity index (χ2v) is 9.13. The molecule has 2 N–H and O–H groups in total. The fourth-order valence-corrected chi connectivity index (χ4v) is 5.10. The molecule has 2 aliphatic rings. The number of likely N-dealkylation sites (N-methyl/N-ethyl adjacent to an activating group) is 1. The summed E-state index contributed by atoms with van der Waals surface area (Å²) in [6, 6.07) is 13.3. The third-order valence-corrected chi connectivity index (χ3v) is 6.93. The Bertz CT molecular complexity index is 1100. The van der Waals surface area contributed by atoms with Gasteiger partial charge in [0.15, 0.2) is 0 Å². The van der Waals surface area contributed by atoms with Crippen molar-refractivity contribution in [1.29, 1.82) is 5.26 Å². The van der Waals surface area contributed by atoms with E-state index in [1.807, 2.05) is 24.3 Å². The Morgan fingerprint density at radius 3 is 2.71 bits per heavy atom. The lowest BCUT2D eigenvalue weighted by Gasteiger charge is -2.23. The zero-order chi connectivity index (χ0) is 24.1. The van der Waals surface area contributed by atoms with E-state index in [2.05, 4.69) is 23.5 Å². The molecule has 7 nitrogen and oxygen atoms in total. The van der Waals surface area contributed by atoms with Crippen LogP contribution in [0.15, 0.2) is 36.4 Å². The molecule has 0 bridgehead atoms. The monoisotopic (exact) mass is 461 g/mol. The molecule has 0 unspecified atom stereocenters. The third-order valence-electron chi connectivity index (χ3n) is 6.93. The van der Waals surface area contributed by atoms with Crippen molar-refractivity contribution in [3.05, 3.63) is 58.7 Å². The van der Waals surface area contributed by atoms with Crippen molar-refractivity contribution in [3.63, 3.8) is 0 Å². The number of carboxylic acid groups (broad SMARTS) is 1. The second kappa shape index (κ2) is 10.7. The molecule has 2 aromatic rings. The standard InChI is InChI=1S/C27H31N3O4/c1-29-24(15-26(31)32)27(33)30-12-11-20-14-22(8-10-25(20)30)34-17-18-7-9-23(21(13-18)16-28)19-5-3-2-4-6-19/h7-10,13-14,19,24,29H,2-6,11-12,15,17H2,1H3,(H,31,32)/t24-/m1/s1. The number of fused-ring (bicyclic) bond motifs is 1. The Kier molecular flexibility index (Phi) is 7.49. The molecular formula is C27H31N3O4. The number of amides is 1. The molecule has 1 amide bonds. The molecular weight excluding hydrogens is 430 g/mol. The number of hydrogen-bond acceptors (Lipinski definition) is 5. The first-order valence-corrected chi connectivity index (χ1v) is 12.0. The van der Waals surface area contributed by atoms with E-state index in [0.29, 0.717) is 31.2 Å². The summed E-state index contributed by atoms with van der Waals surface area (Å²) < 4.78 is 6.02. The molecule has 0 spiro atoms. The van der Waals surface area contributed by atoms with Gasteiger partial charge in [0.1, 0.15) is 12.4 Å². The molecule has 4 rings (SSSR count). The number of carbonyl (C=O) groups is 2. The minimum absolute atomic E-state index is 0.237. The van der Waals surface area contributed by atoms with Gasteiger partial charge in [0, 0.05) is 12.2 Å². The SMILES string of the molecule is CN[C@H](CC(=O)O)C(=O)N1CCc2cc(OCc3ccc(C4CCCCC4)c(C#N)c3)ccc21. The lowest BCUT2D eigenvalue weighted by molar-refractivity contribution is -0.139.